The molecule has 0 amide bonds. The summed E-state index contributed by atoms with van der Waals surface area (Å²) in [5.41, 5.74) is 16.0. The zero-order chi connectivity index (χ0) is 25.1. The summed E-state index contributed by atoms with van der Waals surface area (Å²) in [6.07, 6.45) is 18.5. The summed E-state index contributed by atoms with van der Waals surface area (Å²) in [5.74, 6) is -1.53. The van der Waals surface area contributed by atoms with Gasteiger partial charge in [-0.05, 0) is 87.7 Å². The molecule has 6 rings (SSSR count). The number of hydrogen-bond donors (Lipinski definition) is 0. The lowest BCUT2D eigenvalue weighted by atomic mass is 10.00. The minimum Gasteiger partial charge on any atom is -0.196 e. The molecule has 0 unspecified atom stereocenters. The molecule has 0 spiro atoms. The highest BCUT2D eigenvalue weighted by atomic mass is 15.8. The minimum absolute atomic E-state index is 0.818. The van der Waals surface area contributed by atoms with Crippen LogP contribution in [0.25, 0.3) is 10.4 Å². The molecule has 12 nitrogen and oxygen atoms in total. The first kappa shape index (κ1) is 24.1. The first-order chi connectivity index (χ1) is 18.3. The maximum Gasteiger partial charge on any atom is 0.335 e. The Hall–Kier alpha value is -3.27. The fourth-order valence-electron chi connectivity index (χ4n) is 6.33. The SMILES string of the molecule is [N-]=[N+]=NC(n1nnc2c1CCCCCC2)(n1nnc2c1CCCCCC2)n1nnc2c1CCCCCC2. The zero-order valence-corrected chi connectivity index (χ0v) is 21.6. The second kappa shape index (κ2) is 10.6. The zero-order valence-electron chi connectivity index (χ0n) is 21.6. The van der Waals surface area contributed by atoms with E-state index in [9.17, 15) is 5.53 Å². The maximum atomic E-state index is 10.1. The van der Waals surface area contributed by atoms with Crippen LogP contribution in [0, 0.1) is 0 Å². The summed E-state index contributed by atoms with van der Waals surface area (Å²) in [7, 11) is 0. The minimum atomic E-state index is -1.53. The first-order valence-electron chi connectivity index (χ1n) is 14.2. The molecule has 0 radical (unpaired) electrons. The maximum absolute atomic E-state index is 10.1. The Morgan fingerprint density at radius 3 is 1.16 bits per heavy atom. The van der Waals surface area contributed by atoms with E-state index in [2.05, 4.69) is 25.3 Å². The standard InChI is InChI=1S/C25H36N12/c26-31-30-25(35-22-16-10-4-1-7-13-19(22)27-32-35,36-23-17-11-5-2-8-14-20(23)28-33-36)37-24-18-12-6-3-9-15-21(24)29-34-37/h1-18H2. The van der Waals surface area contributed by atoms with Crippen molar-refractivity contribution in [3.05, 3.63) is 44.6 Å². The molecular weight excluding hydrogens is 468 g/mol. The Kier molecular flexibility index (Phi) is 6.91. The molecule has 0 N–H and O–H groups in total. The monoisotopic (exact) mass is 504 g/mol. The van der Waals surface area contributed by atoms with Crippen LogP contribution >= 0.6 is 0 Å². The van der Waals surface area contributed by atoms with Crippen LogP contribution in [0.1, 0.15) is 111 Å². The number of nitrogens with zero attached hydrogens (tertiary/aromatic N) is 12. The van der Waals surface area contributed by atoms with Crippen LogP contribution < -0.4 is 0 Å². The van der Waals surface area contributed by atoms with Crippen LogP contribution in [-0.2, 0) is 44.4 Å². The van der Waals surface area contributed by atoms with E-state index < -0.39 is 5.91 Å². The smallest absolute Gasteiger partial charge is 0.196 e. The van der Waals surface area contributed by atoms with Crippen LogP contribution in [0.5, 0.6) is 0 Å². The van der Waals surface area contributed by atoms with E-state index in [1.54, 1.807) is 14.0 Å². The van der Waals surface area contributed by atoms with Crippen molar-refractivity contribution in [3.63, 3.8) is 0 Å². The quantitative estimate of drug-likeness (QED) is 0.293. The largest absolute Gasteiger partial charge is 0.335 e. The van der Waals surface area contributed by atoms with Gasteiger partial charge in [-0.2, -0.15) is 14.0 Å². The van der Waals surface area contributed by atoms with E-state index in [-0.39, 0.29) is 0 Å². The third-order valence-corrected chi connectivity index (χ3v) is 8.29. The number of aromatic nitrogens is 9. The van der Waals surface area contributed by atoms with Crippen LogP contribution in [0.4, 0.5) is 0 Å². The fraction of sp³-hybridized carbons (Fsp3) is 0.760. The molecule has 0 saturated carbocycles. The Morgan fingerprint density at radius 1 is 0.514 bits per heavy atom. The van der Waals surface area contributed by atoms with Gasteiger partial charge < -0.3 is 0 Å². The van der Waals surface area contributed by atoms with Gasteiger partial charge in [0.1, 0.15) is 0 Å². The van der Waals surface area contributed by atoms with Crippen LogP contribution in [0.15, 0.2) is 5.11 Å². The van der Waals surface area contributed by atoms with E-state index >= 15 is 0 Å². The van der Waals surface area contributed by atoms with Crippen molar-refractivity contribution in [3.8, 4) is 0 Å². The van der Waals surface area contributed by atoms with E-state index in [0.717, 1.165) is 130 Å². The summed E-state index contributed by atoms with van der Waals surface area (Å²) in [5, 5.41) is 32.5. The van der Waals surface area contributed by atoms with E-state index in [1.165, 1.54) is 19.3 Å². The topological polar surface area (TPSA) is 141 Å². The molecule has 0 bridgehead atoms. The summed E-state index contributed by atoms with van der Waals surface area (Å²) in [6, 6.07) is 0. The third kappa shape index (κ3) is 4.31. The van der Waals surface area contributed by atoms with Gasteiger partial charge in [-0.1, -0.05) is 54.2 Å². The van der Waals surface area contributed by atoms with E-state index in [0.29, 0.717) is 0 Å². The lowest BCUT2D eigenvalue weighted by Gasteiger charge is -2.33. The Labute approximate surface area is 216 Å². The molecule has 0 fully saturated rings. The van der Waals surface area contributed by atoms with Gasteiger partial charge in [0.15, 0.2) is 0 Å². The number of fused-ring (bicyclic) bond motifs is 3. The van der Waals surface area contributed by atoms with Gasteiger partial charge in [0, 0.05) is 4.91 Å². The van der Waals surface area contributed by atoms with Crippen molar-refractivity contribution in [1.29, 1.82) is 0 Å². The molecule has 3 aromatic rings. The first-order valence-corrected chi connectivity index (χ1v) is 14.2. The van der Waals surface area contributed by atoms with Gasteiger partial charge in [-0.3, -0.25) is 0 Å². The van der Waals surface area contributed by atoms with Gasteiger partial charge >= 0.3 is 5.91 Å². The summed E-state index contributed by atoms with van der Waals surface area (Å²) in [4.78, 5) is 3.41. The number of azide groups is 1. The van der Waals surface area contributed by atoms with E-state index in [4.69, 9.17) is 15.6 Å². The summed E-state index contributed by atoms with van der Waals surface area (Å²) < 4.78 is 5.40. The molecule has 0 saturated heterocycles. The van der Waals surface area contributed by atoms with Gasteiger partial charge in [0.2, 0.25) is 0 Å². The predicted octanol–water partition coefficient (Wildman–Crippen LogP) is 4.41. The lowest BCUT2D eigenvalue weighted by molar-refractivity contribution is 0.103. The van der Waals surface area contributed by atoms with Crippen molar-refractivity contribution in [1.82, 2.24) is 45.0 Å². The highest BCUT2D eigenvalue weighted by molar-refractivity contribution is 5.21. The van der Waals surface area contributed by atoms with Gasteiger partial charge in [-0.15, -0.1) is 15.3 Å². The second-order valence-corrected chi connectivity index (χ2v) is 10.7. The van der Waals surface area contributed by atoms with Crippen molar-refractivity contribution in [2.75, 3.05) is 0 Å². The highest BCUT2D eigenvalue weighted by Crippen LogP contribution is 2.34. The molecule has 37 heavy (non-hydrogen) atoms. The number of hydrogen-bond acceptors (Lipinski definition) is 7. The van der Waals surface area contributed by atoms with Crippen molar-refractivity contribution >= 4 is 0 Å². The van der Waals surface area contributed by atoms with Crippen LogP contribution in [0.3, 0.4) is 0 Å². The van der Waals surface area contributed by atoms with E-state index in [1.807, 2.05) is 0 Å². The third-order valence-electron chi connectivity index (χ3n) is 8.29. The van der Waals surface area contributed by atoms with Crippen molar-refractivity contribution in [2.45, 2.75) is 121 Å². The Morgan fingerprint density at radius 2 is 0.838 bits per heavy atom. The fourth-order valence-corrected chi connectivity index (χ4v) is 6.33. The number of rotatable bonds is 4. The molecule has 0 atom stereocenters. The second-order valence-electron chi connectivity index (χ2n) is 10.7. The summed E-state index contributed by atoms with van der Waals surface area (Å²) in [6.45, 7) is 0. The molecule has 3 aromatic heterocycles. The van der Waals surface area contributed by atoms with Crippen LogP contribution in [-0.4, -0.2) is 45.0 Å². The Balaban J connectivity index is 1.63. The van der Waals surface area contributed by atoms with Crippen molar-refractivity contribution < 1.29 is 0 Å². The lowest BCUT2D eigenvalue weighted by Crippen LogP contribution is -2.50. The van der Waals surface area contributed by atoms with Crippen LogP contribution in [0.2, 0.25) is 0 Å². The normalized spacial score (nSPS) is 19.0. The number of aryl methyl sites for hydroxylation is 3. The van der Waals surface area contributed by atoms with Gasteiger partial charge in [0.05, 0.1) is 34.2 Å². The molecule has 0 aromatic carbocycles. The average Bonchev–Trinajstić information content (AvgIpc) is 3.55. The molecule has 12 heteroatoms. The predicted molar refractivity (Wildman–Crippen MR) is 136 cm³/mol. The molecule has 196 valence electrons. The molecular formula is C25H36N12. The van der Waals surface area contributed by atoms with Crippen molar-refractivity contribution in [2.24, 2.45) is 5.11 Å². The molecule has 0 aliphatic heterocycles. The highest BCUT2D eigenvalue weighted by Gasteiger charge is 2.46. The average molecular weight is 505 g/mol. The molecule has 3 heterocycles. The van der Waals surface area contributed by atoms with Gasteiger partial charge in [-0.25, -0.2) is 0 Å². The molecule has 3 aliphatic rings. The summed E-state index contributed by atoms with van der Waals surface area (Å²) >= 11 is 0. The van der Waals surface area contributed by atoms with Gasteiger partial charge in [0.25, 0.3) is 0 Å². The Bertz CT molecular complexity index is 1140. The molecule has 3 aliphatic carbocycles.